The summed E-state index contributed by atoms with van der Waals surface area (Å²) < 4.78 is 4.64. The maximum Gasteiger partial charge on any atom is 0.327 e. The lowest BCUT2D eigenvalue weighted by Gasteiger charge is -2.07. The topological polar surface area (TPSA) is 38.3 Å². The highest BCUT2D eigenvalue weighted by atomic mass is 16.5. The number of allylic oxidation sites excluding steroid dienone is 3. The van der Waals surface area contributed by atoms with Crippen molar-refractivity contribution in [3.63, 3.8) is 0 Å². The van der Waals surface area contributed by atoms with Gasteiger partial charge in [-0.3, -0.25) is 0 Å². The number of esters is 1. The number of carbonyl (C=O) groups excluding carboxylic acids is 1. The predicted octanol–water partition coefficient (Wildman–Crippen LogP) is 6.30. The van der Waals surface area contributed by atoms with Crippen molar-refractivity contribution in [2.45, 2.75) is 103 Å². The van der Waals surface area contributed by atoms with Gasteiger partial charge in [-0.15, -0.1) is 0 Å². The highest BCUT2D eigenvalue weighted by Gasteiger charge is 2.08. The molecule has 0 bridgehead atoms. The molecule has 1 N–H and O–H groups in total. The maximum absolute atomic E-state index is 11.2. The Morgan fingerprint density at radius 3 is 1.92 bits per heavy atom. The number of methoxy groups -OCH3 is 1. The Morgan fingerprint density at radius 1 is 0.880 bits per heavy atom. The van der Waals surface area contributed by atoms with E-state index in [-0.39, 0.29) is 12.0 Å². The molecule has 0 saturated carbocycles. The number of hydrogen-bond acceptors (Lipinski definition) is 3. The lowest BCUT2D eigenvalue weighted by molar-refractivity contribution is -0.142. The van der Waals surface area contributed by atoms with E-state index in [1.54, 1.807) is 13.1 Å². The van der Waals surface area contributed by atoms with E-state index in [4.69, 9.17) is 0 Å². The van der Waals surface area contributed by atoms with Gasteiger partial charge in [-0.2, -0.15) is 0 Å². The Labute approximate surface area is 156 Å². The fraction of sp³-hybridized carbons (Fsp3) is 0.773. The van der Waals surface area contributed by atoms with Crippen LogP contribution in [0.3, 0.4) is 0 Å². The lowest BCUT2D eigenvalue weighted by atomic mass is 10.0. The van der Waals surface area contributed by atoms with Gasteiger partial charge in [0, 0.05) is 0 Å². The molecule has 0 heterocycles. The molecule has 0 aliphatic carbocycles. The zero-order valence-electron chi connectivity index (χ0n) is 16.9. The van der Waals surface area contributed by atoms with Crippen molar-refractivity contribution < 1.29 is 9.53 Å². The first kappa shape index (κ1) is 23.8. The van der Waals surface area contributed by atoms with Crippen LogP contribution in [0, 0.1) is 0 Å². The zero-order chi connectivity index (χ0) is 18.6. The van der Waals surface area contributed by atoms with Crippen molar-refractivity contribution in [1.29, 1.82) is 0 Å². The van der Waals surface area contributed by atoms with Crippen LogP contribution in [0.15, 0.2) is 24.4 Å². The van der Waals surface area contributed by atoms with Crippen molar-refractivity contribution in [3.05, 3.63) is 24.4 Å². The van der Waals surface area contributed by atoms with Crippen LogP contribution in [0.25, 0.3) is 0 Å². The minimum absolute atomic E-state index is 0.245. The maximum atomic E-state index is 11.2. The van der Waals surface area contributed by atoms with Gasteiger partial charge in [-0.1, -0.05) is 89.7 Å². The van der Waals surface area contributed by atoms with Crippen LogP contribution in [0.4, 0.5) is 0 Å². The minimum Gasteiger partial charge on any atom is -0.467 e. The van der Waals surface area contributed by atoms with Gasteiger partial charge in [0.25, 0.3) is 0 Å². The molecule has 0 aliphatic rings. The van der Waals surface area contributed by atoms with Crippen LogP contribution in [0.2, 0.25) is 0 Å². The van der Waals surface area contributed by atoms with Gasteiger partial charge < -0.3 is 10.1 Å². The van der Waals surface area contributed by atoms with Gasteiger partial charge in [-0.25, -0.2) is 4.79 Å². The minimum atomic E-state index is -0.300. The summed E-state index contributed by atoms with van der Waals surface area (Å²) in [4.78, 5) is 11.2. The second-order valence-corrected chi connectivity index (χ2v) is 6.88. The number of carbonyl (C=O) groups is 1. The van der Waals surface area contributed by atoms with E-state index in [0.717, 1.165) is 6.42 Å². The molecular weight excluding hydrogens is 310 g/mol. The molecule has 0 aromatic carbocycles. The van der Waals surface area contributed by atoms with Crippen molar-refractivity contribution >= 4 is 5.97 Å². The molecule has 0 fully saturated rings. The first-order valence-corrected chi connectivity index (χ1v) is 10.4. The summed E-state index contributed by atoms with van der Waals surface area (Å²) in [7, 11) is 1.40. The number of hydrogen-bond donors (Lipinski definition) is 1. The van der Waals surface area contributed by atoms with Gasteiger partial charge in [0.15, 0.2) is 0 Å². The quantitative estimate of drug-likeness (QED) is 0.190. The van der Waals surface area contributed by atoms with Crippen LogP contribution in [0.5, 0.6) is 0 Å². The molecule has 0 aliphatic heterocycles. The van der Waals surface area contributed by atoms with Crippen molar-refractivity contribution in [3.8, 4) is 0 Å². The Morgan fingerprint density at radius 2 is 1.40 bits per heavy atom. The van der Waals surface area contributed by atoms with Crippen LogP contribution in [-0.4, -0.2) is 19.1 Å². The van der Waals surface area contributed by atoms with E-state index < -0.39 is 0 Å². The average Bonchev–Trinajstić information content (AvgIpc) is 2.63. The van der Waals surface area contributed by atoms with Gasteiger partial charge in [-0.05, 0) is 32.0 Å². The van der Waals surface area contributed by atoms with Gasteiger partial charge in [0.1, 0.15) is 6.04 Å². The second kappa shape index (κ2) is 19.1. The molecule has 0 saturated heterocycles. The Balaban J connectivity index is 3.28. The molecule has 0 radical (unpaired) electrons. The van der Waals surface area contributed by atoms with E-state index in [1.807, 2.05) is 12.2 Å². The summed E-state index contributed by atoms with van der Waals surface area (Å²) in [5.74, 6) is -0.245. The highest BCUT2D eigenvalue weighted by molar-refractivity contribution is 5.75. The highest BCUT2D eigenvalue weighted by Crippen LogP contribution is 2.12. The summed E-state index contributed by atoms with van der Waals surface area (Å²) in [6, 6.07) is -0.300. The van der Waals surface area contributed by atoms with Crippen LogP contribution >= 0.6 is 0 Å². The molecule has 3 heteroatoms. The SMILES string of the molecule is CCCCCCCCCCCCCCC=CC=CNC(C)C(=O)OC. The number of unbranched alkanes of at least 4 members (excludes halogenated alkanes) is 12. The lowest BCUT2D eigenvalue weighted by Crippen LogP contribution is -2.30. The Kier molecular flexibility index (Phi) is 18.1. The largest absolute Gasteiger partial charge is 0.467 e. The Hall–Kier alpha value is -1.25. The second-order valence-electron chi connectivity index (χ2n) is 6.88. The van der Waals surface area contributed by atoms with Crippen LogP contribution in [0.1, 0.15) is 97.3 Å². The van der Waals surface area contributed by atoms with E-state index in [2.05, 4.69) is 23.1 Å². The third-order valence-electron chi connectivity index (χ3n) is 4.47. The molecule has 1 atom stereocenters. The third-order valence-corrected chi connectivity index (χ3v) is 4.47. The summed E-state index contributed by atoms with van der Waals surface area (Å²) in [5, 5.41) is 2.98. The molecule has 146 valence electrons. The summed E-state index contributed by atoms with van der Waals surface area (Å²) in [5.41, 5.74) is 0. The van der Waals surface area contributed by atoms with E-state index in [1.165, 1.54) is 84.2 Å². The molecule has 0 rings (SSSR count). The van der Waals surface area contributed by atoms with Gasteiger partial charge in [0.05, 0.1) is 7.11 Å². The normalized spacial score (nSPS) is 12.8. The number of nitrogens with one attached hydrogen (secondary N) is 1. The standard InChI is InChI=1S/C22H41NO2/c1-4-5-6-7-8-9-10-11-12-13-14-15-16-17-18-19-20-23-21(2)22(24)25-3/h17-21,23H,4-16H2,1-3H3. The molecule has 0 aromatic rings. The summed E-state index contributed by atoms with van der Waals surface area (Å²) in [6.45, 7) is 4.06. The van der Waals surface area contributed by atoms with E-state index in [0.29, 0.717) is 0 Å². The van der Waals surface area contributed by atoms with Crippen molar-refractivity contribution in [2.24, 2.45) is 0 Å². The number of rotatable bonds is 17. The third kappa shape index (κ3) is 17.4. The monoisotopic (exact) mass is 351 g/mol. The van der Waals surface area contributed by atoms with Gasteiger partial charge >= 0.3 is 5.97 Å². The van der Waals surface area contributed by atoms with Crippen LogP contribution in [-0.2, 0) is 9.53 Å². The Bertz CT molecular complexity index is 350. The molecule has 0 spiro atoms. The fourth-order valence-electron chi connectivity index (χ4n) is 2.78. The van der Waals surface area contributed by atoms with Crippen molar-refractivity contribution in [1.82, 2.24) is 5.32 Å². The smallest absolute Gasteiger partial charge is 0.327 e. The number of ether oxygens (including phenoxy) is 1. The van der Waals surface area contributed by atoms with Crippen molar-refractivity contribution in [2.75, 3.05) is 7.11 Å². The molecule has 1 unspecified atom stereocenters. The fourth-order valence-corrected chi connectivity index (χ4v) is 2.78. The molecule has 3 nitrogen and oxygen atoms in total. The average molecular weight is 352 g/mol. The van der Waals surface area contributed by atoms with Crippen LogP contribution < -0.4 is 5.32 Å². The molecule has 25 heavy (non-hydrogen) atoms. The van der Waals surface area contributed by atoms with E-state index >= 15 is 0 Å². The summed E-state index contributed by atoms with van der Waals surface area (Å²) in [6.07, 6.45) is 25.8. The molecule has 0 amide bonds. The predicted molar refractivity (Wildman–Crippen MR) is 109 cm³/mol. The van der Waals surface area contributed by atoms with Gasteiger partial charge in [0.2, 0.25) is 0 Å². The first-order chi connectivity index (χ1) is 12.2. The molecular formula is C22H41NO2. The van der Waals surface area contributed by atoms with E-state index in [9.17, 15) is 4.79 Å². The summed E-state index contributed by atoms with van der Waals surface area (Å²) >= 11 is 0. The first-order valence-electron chi connectivity index (χ1n) is 10.4. The molecule has 0 aromatic heterocycles. The zero-order valence-corrected chi connectivity index (χ0v) is 16.9.